The van der Waals surface area contributed by atoms with Gasteiger partial charge in [0.1, 0.15) is 17.1 Å². The molecule has 2 aliphatic rings. The predicted octanol–water partition coefficient (Wildman–Crippen LogP) is 3.71. The fraction of sp³-hybridized carbons (Fsp3) is 0.438. The Kier molecular flexibility index (Phi) is 8.88. The number of thiazole rings is 1. The van der Waals surface area contributed by atoms with Gasteiger partial charge in [0, 0.05) is 43.9 Å². The number of rotatable bonds is 9. The van der Waals surface area contributed by atoms with Crippen LogP contribution in [0.3, 0.4) is 0 Å². The van der Waals surface area contributed by atoms with Gasteiger partial charge < -0.3 is 34.6 Å². The summed E-state index contributed by atoms with van der Waals surface area (Å²) in [5.41, 5.74) is 3.12. The Morgan fingerprint density at radius 1 is 1.18 bits per heavy atom. The van der Waals surface area contributed by atoms with E-state index in [0.717, 1.165) is 54.0 Å². The fourth-order valence-electron chi connectivity index (χ4n) is 6.27. The third-order valence-electron chi connectivity index (χ3n) is 8.66. The lowest BCUT2D eigenvalue weighted by Crippen LogP contribution is -2.57. The topological polar surface area (TPSA) is 131 Å². The highest BCUT2D eigenvalue weighted by Gasteiger charge is 2.41. The van der Waals surface area contributed by atoms with Crippen molar-refractivity contribution in [3.8, 4) is 5.75 Å². The second-order valence-electron chi connectivity index (χ2n) is 11.8. The number of hydrogen-bond acceptors (Lipinski definition) is 9. The molecule has 4 heterocycles. The fourth-order valence-corrected chi connectivity index (χ4v) is 7.19. The van der Waals surface area contributed by atoms with Crippen LogP contribution in [0.5, 0.6) is 5.75 Å². The number of amides is 1. The average molecular weight is 625 g/mol. The molecule has 2 fully saturated rings. The number of nitrogens with one attached hydrogen (secondary N) is 2. The number of aromatic nitrogens is 1. The Balaban J connectivity index is 0.995. The number of benzene rings is 2. The predicted molar refractivity (Wildman–Crippen MR) is 165 cm³/mol. The number of carbonyl (C=O) groups is 1. The minimum absolute atomic E-state index is 0.0325. The summed E-state index contributed by atoms with van der Waals surface area (Å²) in [6, 6.07) is 10.0. The van der Waals surface area contributed by atoms with E-state index in [1.807, 2.05) is 17.9 Å². The summed E-state index contributed by atoms with van der Waals surface area (Å²) in [7, 11) is 0. The summed E-state index contributed by atoms with van der Waals surface area (Å²) < 4.78 is 26.8. The van der Waals surface area contributed by atoms with Gasteiger partial charge in [0.2, 0.25) is 0 Å². The number of phenolic OH excluding ortho intramolecular Hbond substituents is 1. The Morgan fingerprint density at radius 2 is 1.98 bits per heavy atom. The molecule has 0 bridgehead atoms. The van der Waals surface area contributed by atoms with Crippen molar-refractivity contribution < 1.29 is 28.6 Å². The lowest BCUT2D eigenvalue weighted by molar-refractivity contribution is -0.128. The van der Waals surface area contributed by atoms with Crippen molar-refractivity contribution in [2.45, 2.75) is 44.4 Å². The largest absolute Gasteiger partial charge is 0.506 e. The van der Waals surface area contributed by atoms with Crippen LogP contribution in [0.1, 0.15) is 51.8 Å². The zero-order valence-electron chi connectivity index (χ0n) is 24.6. The van der Waals surface area contributed by atoms with Gasteiger partial charge in [-0.25, -0.2) is 4.39 Å². The van der Waals surface area contributed by atoms with Crippen molar-refractivity contribution in [1.82, 2.24) is 20.1 Å². The Morgan fingerprint density at radius 3 is 2.75 bits per heavy atom. The standard InChI is InChI=1S/C32H37FN4O6S/c1-20-5-12-42-28(20)30(40)37-11-13-43-32(19-37)6-9-36(10-7-32)18-22-14-21(15-23(33)16-22)4-8-34-17-26(39)24-2-3-25(38)27-29(24)44-31(41)35-27/h2-3,5,12,14-16,26,34,38-39H,4,6-11,13,17-19H2,1H3,(H,35,41)/t26-/m0/s1. The zero-order chi connectivity index (χ0) is 30.8. The van der Waals surface area contributed by atoms with Crippen LogP contribution in [0, 0.1) is 12.7 Å². The molecule has 1 spiro atoms. The monoisotopic (exact) mass is 624 g/mol. The number of aromatic hydroxyl groups is 1. The van der Waals surface area contributed by atoms with Gasteiger partial charge in [-0.2, -0.15) is 0 Å². The molecule has 4 aromatic rings. The highest BCUT2D eigenvalue weighted by atomic mass is 32.1. The molecule has 2 aromatic heterocycles. The molecular formula is C32H37FN4O6S. The maximum absolute atomic E-state index is 14.6. The van der Waals surface area contributed by atoms with Crippen LogP contribution in [0.4, 0.5) is 4.39 Å². The lowest BCUT2D eigenvalue weighted by Gasteiger charge is -2.47. The van der Waals surface area contributed by atoms with Crippen LogP contribution in [0.25, 0.3) is 10.2 Å². The molecule has 0 unspecified atom stereocenters. The van der Waals surface area contributed by atoms with E-state index in [0.29, 0.717) is 60.7 Å². The van der Waals surface area contributed by atoms with Gasteiger partial charge in [-0.15, -0.1) is 0 Å². The van der Waals surface area contributed by atoms with Gasteiger partial charge in [0.15, 0.2) is 5.76 Å². The van der Waals surface area contributed by atoms with Crippen LogP contribution >= 0.6 is 11.3 Å². The Labute approximate surface area is 258 Å². The smallest absolute Gasteiger partial charge is 0.305 e. The average Bonchev–Trinajstić information content (AvgIpc) is 3.61. The van der Waals surface area contributed by atoms with E-state index in [1.165, 1.54) is 12.1 Å². The number of piperidine rings is 1. The number of halogens is 1. The van der Waals surface area contributed by atoms with Gasteiger partial charge in [-0.05, 0) is 68.1 Å². The number of aromatic amines is 1. The summed E-state index contributed by atoms with van der Waals surface area (Å²) >= 11 is 0.951. The first-order chi connectivity index (χ1) is 21.2. The second-order valence-corrected chi connectivity index (χ2v) is 12.8. The third kappa shape index (κ3) is 6.59. The van der Waals surface area contributed by atoms with E-state index < -0.39 is 6.10 Å². The number of hydrogen-bond donors (Lipinski definition) is 4. The second kappa shape index (κ2) is 12.8. The number of carbonyl (C=O) groups excluding carboxylic acids is 1. The zero-order valence-corrected chi connectivity index (χ0v) is 25.4. The van der Waals surface area contributed by atoms with E-state index >= 15 is 0 Å². The highest BCUT2D eigenvalue weighted by Crippen LogP contribution is 2.33. The number of aliphatic hydroxyl groups is 1. The first-order valence-electron chi connectivity index (χ1n) is 14.9. The number of aryl methyl sites for hydroxylation is 1. The van der Waals surface area contributed by atoms with E-state index in [-0.39, 0.29) is 34.5 Å². The number of aliphatic hydroxyl groups excluding tert-OH is 1. The first-order valence-corrected chi connectivity index (χ1v) is 15.7. The molecule has 0 radical (unpaired) electrons. The van der Waals surface area contributed by atoms with Crippen LogP contribution in [0.15, 0.2) is 51.9 Å². The molecular weight excluding hydrogens is 587 g/mol. The molecule has 2 aromatic carbocycles. The van der Waals surface area contributed by atoms with Crippen molar-refractivity contribution in [3.63, 3.8) is 0 Å². The van der Waals surface area contributed by atoms with Crippen LogP contribution in [-0.4, -0.2) is 82.4 Å². The van der Waals surface area contributed by atoms with Crippen molar-refractivity contribution >= 4 is 27.5 Å². The first kappa shape index (κ1) is 30.5. The maximum atomic E-state index is 14.6. The molecule has 0 aliphatic carbocycles. The Bertz CT molecular complexity index is 1690. The number of morpholine rings is 1. The van der Waals surface area contributed by atoms with Crippen LogP contribution in [0.2, 0.25) is 0 Å². The number of nitrogens with zero attached hydrogens (tertiary/aromatic N) is 2. The quantitative estimate of drug-likeness (QED) is 0.208. The van der Waals surface area contributed by atoms with Crippen molar-refractivity contribution in [1.29, 1.82) is 0 Å². The number of likely N-dealkylation sites (tertiary alicyclic amines) is 1. The van der Waals surface area contributed by atoms with Crippen molar-refractivity contribution in [2.24, 2.45) is 0 Å². The van der Waals surface area contributed by atoms with Gasteiger partial charge in [-0.1, -0.05) is 23.5 Å². The number of furan rings is 1. The molecule has 2 aliphatic heterocycles. The summed E-state index contributed by atoms with van der Waals surface area (Å²) in [5, 5.41) is 23.9. The van der Waals surface area contributed by atoms with E-state index in [2.05, 4.69) is 15.2 Å². The lowest BCUT2D eigenvalue weighted by atomic mass is 9.89. The molecule has 4 N–H and O–H groups in total. The summed E-state index contributed by atoms with van der Waals surface area (Å²) in [6.45, 7) is 6.41. The molecule has 0 saturated carbocycles. The number of phenols is 1. The molecule has 12 heteroatoms. The summed E-state index contributed by atoms with van der Waals surface area (Å²) in [4.78, 5) is 31.2. The molecule has 10 nitrogen and oxygen atoms in total. The van der Waals surface area contributed by atoms with Crippen molar-refractivity contribution in [2.75, 3.05) is 45.9 Å². The summed E-state index contributed by atoms with van der Waals surface area (Å²) in [5.74, 6) is -0.0131. The molecule has 234 valence electrons. The molecule has 1 amide bonds. The van der Waals surface area contributed by atoms with Gasteiger partial charge >= 0.3 is 4.87 Å². The molecule has 1 atom stereocenters. The summed E-state index contributed by atoms with van der Waals surface area (Å²) in [6.07, 6.45) is 2.82. The molecule has 6 rings (SSSR count). The van der Waals surface area contributed by atoms with Crippen LogP contribution < -0.4 is 10.2 Å². The minimum atomic E-state index is -0.873. The molecule has 2 saturated heterocycles. The SMILES string of the molecule is Cc1ccoc1C(=O)N1CCOC2(CCN(Cc3cc(F)cc(CCNC[C@H](O)c4ccc(O)c5[nH]c(=O)sc45)c3)CC2)C1. The van der Waals surface area contributed by atoms with E-state index in [9.17, 15) is 24.2 Å². The minimum Gasteiger partial charge on any atom is -0.506 e. The normalized spacial score (nSPS) is 17.8. The van der Waals surface area contributed by atoms with Crippen molar-refractivity contribution in [3.05, 3.63) is 86.2 Å². The van der Waals surface area contributed by atoms with Gasteiger partial charge in [0.25, 0.3) is 5.91 Å². The number of fused-ring (bicyclic) bond motifs is 1. The van der Waals surface area contributed by atoms with E-state index in [1.54, 1.807) is 24.5 Å². The van der Waals surface area contributed by atoms with E-state index in [4.69, 9.17) is 9.15 Å². The number of ether oxygens (including phenoxy) is 1. The molecule has 44 heavy (non-hydrogen) atoms. The third-order valence-corrected chi connectivity index (χ3v) is 9.59. The van der Waals surface area contributed by atoms with Gasteiger partial charge in [-0.3, -0.25) is 14.5 Å². The number of H-pyrrole nitrogens is 1. The van der Waals surface area contributed by atoms with Gasteiger partial charge in [0.05, 0.1) is 35.8 Å². The Hall–Kier alpha value is -3.55. The maximum Gasteiger partial charge on any atom is 0.305 e. The van der Waals surface area contributed by atoms with Crippen LogP contribution in [-0.2, 0) is 17.7 Å². The highest BCUT2D eigenvalue weighted by molar-refractivity contribution is 7.16.